The molecule has 3 rings (SSSR count). The first-order chi connectivity index (χ1) is 11.9. The minimum Gasteiger partial charge on any atom is -0.444 e. The number of amides is 1. The predicted molar refractivity (Wildman–Crippen MR) is 101 cm³/mol. The van der Waals surface area contributed by atoms with E-state index in [1.807, 2.05) is 20.8 Å². The lowest BCUT2D eigenvalue weighted by Gasteiger charge is -2.30. The van der Waals surface area contributed by atoms with Crippen molar-refractivity contribution in [3.8, 4) is 0 Å². The van der Waals surface area contributed by atoms with E-state index >= 15 is 0 Å². The third kappa shape index (κ3) is 5.74. The van der Waals surface area contributed by atoms with Crippen LogP contribution in [0.2, 0.25) is 0 Å². The van der Waals surface area contributed by atoms with Gasteiger partial charge in [-0.25, -0.2) is 4.79 Å². The van der Waals surface area contributed by atoms with Crippen LogP contribution in [0.4, 0.5) is 4.79 Å². The van der Waals surface area contributed by atoms with E-state index in [1.54, 1.807) is 0 Å². The van der Waals surface area contributed by atoms with Gasteiger partial charge in [-0.05, 0) is 70.9 Å². The maximum Gasteiger partial charge on any atom is 0.407 e. The monoisotopic (exact) mass is 344 g/mol. The van der Waals surface area contributed by atoms with Gasteiger partial charge in [0.05, 0.1) is 0 Å². The van der Waals surface area contributed by atoms with Gasteiger partial charge in [0.15, 0.2) is 0 Å². The molecule has 0 radical (unpaired) electrons. The quantitative estimate of drug-likeness (QED) is 0.841. The molecule has 138 valence electrons. The van der Waals surface area contributed by atoms with Gasteiger partial charge in [0, 0.05) is 18.0 Å². The molecule has 1 aromatic rings. The summed E-state index contributed by atoms with van der Waals surface area (Å²) in [6.45, 7) is 6.80. The van der Waals surface area contributed by atoms with Gasteiger partial charge in [-0.2, -0.15) is 0 Å². The highest BCUT2D eigenvalue weighted by atomic mass is 16.6. The molecule has 0 heterocycles. The molecular weight excluding hydrogens is 312 g/mol. The van der Waals surface area contributed by atoms with E-state index in [0.29, 0.717) is 12.0 Å². The Bertz CT molecular complexity index is 559. The fourth-order valence-electron chi connectivity index (χ4n) is 3.79. The fraction of sp³-hybridized carbons (Fsp3) is 0.667. The zero-order valence-corrected chi connectivity index (χ0v) is 15.8. The standard InChI is InChI=1S/C21H32N2O2/c1-21(2,3)25-20(24)23-17-11-9-15(10-12-17)14-22-19-13-18(19)16-7-5-4-6-8-16/h4-8,15,17-19,22H,9-14H2,1-3H3,(H,23,24). The van der Waals surface area contributed by atoms with Crippen molar-refractivity contribution in [3.05, 3.63) is 35.9 Å². The van der Waals surface area contributed by atoms with Crippen molar-refractivity contribution in [2.24, 2.45) is 5.92 Å². The SMILES string of the molecule is CC(C)(C)OC(=O)NC1CCC(CNC2CC2c2ccccc2)CC1. The van der Waals surface area contributed by atoms with Crippen molar-refractivity contribution >= 4 is 6.09 Å². The summed E-state index contributed by atoms with van der Waals surface area (Å²) in [6, 6.07) is 11.7. The van der Waals surface area contributed by atoms with E-state index < -0.39 is 5.60 Å². The zero-order valence-electron chi connectivity index (χ0n) is 15.8. The van der Waals surface area contributed by atoms with E-state index in [9.17, 15) is 4.79 Å². The molecule has 2 saturated carbocycles. The molecule has 1 amide bonds. The van der Waals surface area contributed by atoms with Crippen molar-refractivity contribution < 1.29 is 9.53 Å². The van der Waals surface area contributed by atoms with Gasteiger partial charge in [0.2, 0.25) is 0 Å². The lowest BCUT2D eigenvalue weighted by atomic mass is 9.86. The number of nitrogens with one attached hydrogen (secondary N) is 2. The summed E-state index contributed by atoms with van der Waals surface area (Å²) in [5.41, 5.74) is 1.04. The first-order valence-electron chi connectivity index (χ1n) is 9.68. The topological polar surface area (TPSA) is 50.4 Å². The number of benzene rings is 1. The summed E-state index contributed by atoms with van der Waals surface area (Å²) in [4.78, 5) is 11.9. The highest BCUT2D eigenvalue weighted by Gasteiger charge is 2.38. The highest BCUT2D eigenvalue weighted by molar-refractivity contribution is 5.68. The molecule has 4 heteroatoms. The molecule has 2 aliphatic carbocycles. The molecule has 2 unspecified atom stereocenters. The summed E-state index contributed by atoms with van der Waals surface area (Å²) in [7, 11) is 0. The Morgan fingerprint density at radius 3 is 2.44 bits per heavy atom. The molecule has 2 fully saturated rings. The van der Waals surface area contributed by atoms with Crippen molar-refractivity contribution in [3.63, 3.8) is 0 Å². The van der Waals surface area contributed by atoms with Crippen LogP contribution in [-0.4, -0.2) is 30.3 Å². The van der Waals surface area contributed by atoms with E-state index in [2.05, 4.69) is 41.0 Å². The Hall–Kier alpha value is -1.55. The molecule has 25 heavy (non-hydrogen) atoms. The van der Waals surface area contributed by atoms with Crippen molar-refractivity contribution in [2.45, 2.75) is 76.5 Å². The molecule has 0 aliphatic heterocycles. The number of carbonyl (C=O) groups excluding carboxylic acids is 1. The highest BCUT2D eigenvalue weighted by Crippen LogP contribution is 2.40. The number of hydrogen-bond acceptors (Lipinski definition) is 3. The molecule has 1 aromatic carbocycles. The van der Waals surface area contributed by atoms with Crippen LogP contribution in [-0.2, 0) is 4.74 Å². The van der Waals surface area contributed by atoms with Gasteiger partial charge in [-0.1, -0.05) is 30.3 Å². The number of alkyl carbamates (subject to hydrolysis) is 1. The Morgan fingerprint density at radius 2 is 1.80 bits per heavy atom. The minimum absolute atomic E-state index is 0.268. The van der Waals surface area contributed by atoms with Gasteiger partial charge in [0.1, 0.15) is 5.60 Å². The molecule has 2 aliphatic rings. The van der Waals surface area contributed by atoms with Crippen LogP contribution in [0.3, 0.4) is 0 Å². The third-order valence-corrected chi connectivity index (χ3v) is 5.25. The number of hydrogen-bond donors (Lipinski definition) is 2. The normalized spacial score (nSPS) is 29.1. The molecule has 2 atom stereocenters. The van der Waals surface area contributed by atoms with Crippen molar-refractivity contribution in [2.75, 3.05) is 6.54 Å². The summed E-state index contributed by atoms with van der Waals surface area (Å²) in [5, 5.41) is 6.77. The van der Waals surface area contributed by atoms with Gasteiger partial charge >= 0.3 is 6.09 Å². The zero-order chi connectivity index (χ0) is 17.9. The summed E-state index contributed by atoms with van der Waals surface area (Å²) >= 11 is 0. The Labute approximate surface area is 151 Å². The second-order valence-corrected chi connectivity index (χ2v) is 8.63. The maximum absolute atomic E-state index is 11.9. The molecule has 0 bridgehead atoms. The average Bonchev–Trinajstić information content (AvgIpc) is 3.33. The predicted octanol–water partition coefficient (Wildman–Crippen LogP) is 4.22. The third-order valence-electron chi connectivity index (χ3n) is 5.25. The Balaban J connectivity index is 1.32. The van der Waals surface area contributed by atoms with E-state index in [4.69, 9.17) is 4.74 Å². The molecule has 2 N–H and O–H groups in total. The smallest absolute Gasteiger partial charge is 0.407 e. The number of rotatable bonds is 5. The molecule has 0 aromatic heterocycles. The molecule has 4 nitrogen and oxygen atoms in total. The fourth-order valence-corrected chi connectivity index (χ4v) is 3.79. The maximum atomic E-state index is 11.9. The second kappa shape index (κ2) is 7.77. The van der Waals surface area contributed by atoms with Gasteiger partial charge in [0.25, 0.3) is 0 Å². The lowest BCUT2D eigenvalue weighted by molar-refractivity contribution is 0.0487. The Kier molecular flexibility index (Phi) is 5.67. The van der Waals surface area contributed by atoms with Crippen LogP contribution in [0, 0.1) is 5.92 Å². The molecule has 0 spiro atoms. The average molecular weight is 344 g/mol. The van der Waals surface area contributed by atoms with Crippen LogP contribution >= 0.6 is 0 Å². The van der Waals surface area contributed by atoms with Gasteiger partial charge < -0.3 is 15.4 Å². The van der Waals surface area contributed by atoms with Crippen LogP contribution in [0.5, 0.6) is 0 Å². The van der Waals surface area contributed by atoms with Gasteiger partial charge in [-0.15, -0.1) is 0 Å². The van der Waals surface area contributed by atoms with Crippen molar-refractivity contribution in [1.82, 2.24) is 10.6 Å². The summed E-state index contributed by atoms with van der Waals surface area (Å²) in [6.07, 6.45) is 5.45. The van der Waals surface area contributed by atoms with E-state index in [0.717, 1.165) is 25.3 Å². The first-order valence-corrected chi connectivity index (χ1v) is 9.68. The summed E-state index contributed by atoms with van der Waals surface area (Å²) in [5.74, 6) is 1.43. The van der Waals surface area contributed by atoms with E-state index in [-0.39, 0.29) is 12.1 Å². The van der Waals surface area contributed by atoms with Crippen molar-refractivity contribution in [1.29, 1.82) is 0 Å². The minimum atomic E-state index is -0.426. The van der Waals surface area contributed by atoms with Gasteiger partial charge in [-0.3, -0.25) is 0 Å². The Morgan fingerprint density at radius 1 is 1.12 bits per heavy atom. The largest absolute Gasteiger partial charge is 0.444 e. The lowest BCUT2D eigenvalue weighted by Crippen LogP contribution is -2.41. The molecule has 0 saturated heterocycles. The van der Waals surface area contributed by atoms with Crippen LogP contribution in [0.25, 0.3) is 0 Å². The van der Waals surface area contributed by atoms with E-state index in [1.165, 1.54) is 24.8 Å². The first kappa shape index (κ1) is 18.2. The number of carbonyl (C=O) groups is 1. The van der Waals surface area contributed by atoms with Crippen LogP contribution in [0.1, 0.15) is 64.4 Å². The van der Waals surface area contributed by atoms with Crippen LogP contribution < -0.4 is 10.6 Å². The molecular formula is C21H32N2O2. The van der Waals surface area contributed by atoms with Crippen LogP contribution in [0.15, 0.2) is 30.3 Å². The number of ether oxygens (including phenoxy) is 1. The second-order valence-electron chi connectivity index (χ2n) is 8.63. The summed E-state index contributed by atoms with van der Waals surface area (Å²) < 4.78 is 5.35.